The Bertz CT molecular complexity index is 1120. The molecule has 34 heavy (non-hydrogen) atoms. The highest BCUT2D eigenvalue weighted by Crippen LogP contribution is 2.27. The Morgan fingerprint density at radius 2 is 1.94 bits per heavy atom. The predicted molar refractivity (Wildman–Crippen MR) is 131 cm³/mol. The van der Waals surface area contributed by atoms with Gasteiger partial charge in [0.05, 0.1) is 12.8 Å². The number of benzene rings is 2. The first kappa shape index (κ1) is 24.1. The molecule has 7 heteroatoms. The molecule has 1 saturated heterocycles. The van der Waals surface area contributed by atoms with Crippen molar-refractivity contribution in [1.29, 1.82) is 0 Å². The number of nitrogens with one attached hydrogen (secondary N) is 1. The van der Waals surface area contributed by atoms with Crippen LogP contribution in [-0.4, -0.2) is 52.3 Å². The van der Waals surface area contributed by atoms with E-state index in [-0.39, 0.29) is 11.6 Å². The lowest BCUT2D eigenvalue weighted by Crippen LogP contribution is -2.53. The Hall–Kier alpha value is -3.03. The molecule has 2 N–H and O–H groups in total. The van der Waals surface area contributed by atoms with Crippen LogP contribution in [-0.2, 0) is 19.4 Å². The van der Waals surface area contributed by atoms with Crippen molar-refractivity contribution in [3.05, 3.63) is 71.4 Å². The van der Waals surface area contributed by atoms with Crippen LogP contribution in [0.15, 0.2) is 48.7 Å². The molecule has 2 aromatic carbocycles. The topological polar surface area (TPSA) is 70.5 Å². The summed E-state index contributed by atoms with van der Waals surface area (Å²) in [6.45, 7) is 7.12. The summed E-state index contributed by atoms with van der Waals surface area (Å²) in [7, 11) is 1.53. The molecular formula is C27H33FN4O2. The number of piperazine rings is 1. The van der Waals surface area contributed by atoms with Crippen LogP contribution in [0.3, 0.4) is 0 Å². The Kier molecular flexibility index (Phi) is 7.75. The molecule has 3 aromatic rings. The second kappa shape index (κ2) is 10.9. The van der Waals surface area contributed by atoms with Gasteiger partial charge in [-0.3, -0.25) is 4.90 Å². The third kappa shape index (κ3) is 5.90. The van der Waals surface area contributed by atoms with Gasteiger partial charge in [-0.1, -0.05) is 12.1 Å². The number of hydrogen-bond acceptors (Lipinski definition) is 6. The molecule has 0 bridgehead atoms. The van der Waals surface area contributed by atoms with E-state index in [1.54, 1.807) is 30.5 Å². The zero-order chi connectivity index (χ0) is 24.1. The van der Waals surface area contributed by atoms with Gasteiger partial charge in [0.25, 0.3) is 0 Å². The van der Waals surface area contributed by atoms with Crippen molar-refractivity contribution in [1.82, 2.24) is 20.2 Å². The molecule has 0 amide bonds. The van der Waals surface area contributed by atoms with Gasteiger partial charge in [-0.2, -0.15) is 0 Å². The molecule has 6 nitrogen and oxygen atoms in total. The quantitative estimate of drug-likeness (QED) is 0.516. The normalized spacial score (nSPS) is 18.7. The number of halogens is 1. The largest absolute Gasteiger partial charge is 0.504 e. The van der Waals surface area contributed by atoms with Crippen LogP contribution in [0.5, 0.6) is 11.5 Å². The molecule has 1 aromatic heterocycles. The van der Waals surface area contributed by atoms with Crippen molar-refractivity contribution in [3.63, 3.8) is 0 Å². The summed E-state index contributed by atoms with van der Waals surface area (Å²) in [4.78, 5) is 11.5. The van der Waals surface area contributed by atoms with Gasteiger partial charge >= 0.3 is 0 Å². The summed E-state index contributed by atoms with van der Waals surface area (Å²) in [6.07, 6.45) is 3.95. The van der Waals surface area contributed by atoms with E-state index < -0.39 is 0 Å². The monoisotopic (exact) mass is 464 g/mol. The Morgan fingerprint density at radius 3 is 2.74 bits per heavy atom. The van der Waals surface area contributed by atoms with Crippen LogP contribution in [0, 0.1) is 5.82 Å². The van der Waals surface area contributed by atoms with Gasteiger partial charge in [0.1, 0.15) is 11.6 Å². The fraction of sp³-hybridized carbons (Fsp3) is 0.407. The predicted octanol–water partition coefficient (Wildman–Crippen LogP) is 4.35. The number of hydrogen-bond donors (Lipinski definition) is 2. The maximum Gasteiger partial charge on any atom is 0.160 e. The third-order valence-electron chi connectivity index (χ3n) is 6.40. The van der Waals surface area contributed by atoms with Gasteiger partial charge in [0, 0.05) is 49.9 Å². The van der Waals surface area contributed by atoms with Crippen molar-refractivity contribution in [2.24, 2.45) is 0 Å². The second-order valence-corrected chi connectivity index (χ2v) is 9.12. The summed E-state index contributed by atoms with van der Waals surface area (Å²) >= 11 is 0. The number of aromatic nitrogens is 2. The second-order valence-electron chi connectivity index (χ2n) is 9.12. The number of aromatic hydroxyl groups is 1. The van der Waals surface area contributed by atoms with Gasteiger partial charge in [-0.25, -0.2) is 14.4 Å². The van der Waals surface area contributed by atoms with Gasteiger partial charge < -0.3 is 15.2 Å². The Labute approximate surface area is 200 Å². The van der Waals surface area contributed by atoms with Gasteiger partial charge in [0.15, 0.2) is 11.5 Å². The molecule has 1 aliphatic heterocycles. The lowest BCUT2D eigenvalue weighted by molar-refractivity contribution is 0.139. The molecule has 0 saturated carbocycles. The van der Waals surface area contributed by atoms with Gasteiger partial charge in [-0.15, -0.1) is 0 Å². The van der Waals surface area contributed by atoms with E-state index in [2.05, 4.69) is 34.0 Å². The Morgan fingerprint density at radius 1 is 1.12 bits per heavy atom. The fourth-order valence-corrected chi connectivity index (χ4v) is 4.43. The summed E-state index contributed by atoms with van der Waals surface area (Å²) in [6, 6.07) is 13.4. The third-order valence-corrected chi connectivity index (χ3v) is 6.40. The molecule has 2 atom stereocenters. The minimum atomic E-state index is -0.274. The molecule has 0 unspecified atom stereocenters. The number of aryl methyl sites for hydroxylation is 2. The average Bonchev–Trinajstić information content (AvgIpc) is 2.83. The summed E-state index contributed by atoms with van der Waals surface area (Å²) in [5.74, 6) is 1.01. The van der Waals surface area contributed by atoms with Crippen LogP contribution >= 0.6 is 0 Å². The fourth-order valence-electron chi connectivity index (χ4n) is 4.43. The van der Waals surface area contributed by atoms with Crippen molar-refractivity contribution < 1.29 is 14.2 Å². The van der Waals surface area contributed by atoms with Crippen molar-refractivity contribution in [2.75, 3.05) is 20.2 Å². The first-order valence-corrected chi connectivity index (χ1v) is 11.9. The molecule has 0 spiro atoms. The van der Waals surface area contributed by atoms with Crippen molar-refractivity contribution in [2.45, 2.75) is 51.7 Å². The lowest BCUT2D eigenvalue weighted by atomic mass is 10.0. The molecule has 1 fully saturated rings. The highest BCUT2D eigenvalue weighted by molar-refractivity contribution is 5.60. The minimum Gasteiger partial charge on any atom is -0.504 e. The number of nitrogens with zero attached hydrogens (tertiary/aromatic N) is 3. The lowest BCUT2D eigenvalue weighted by Gasteiger charge is -2.37. The molecule has 0 aliphatic carbocycles. The number of phenols is 1. The molecule has 4 rings (SSSR count). The number of methoxy groups -OCH3 is 1. The van der Waals surface area contributed by atoms with E-state index in [9.17, 15) is 9.50 Å². The van der Waals surface area contributed by atoms with E-state index in [1.165, 1.54) is 7.11 Å². The van der Waals surface area contributed by atoms with Crippen molar-refractivity contribution in [3.8, 4) is 22.8 Å². The average molecular weight is 465 g/mol. The van der Waals surface area contributed by atoms with Crippen LogP contribution in [0.1, 0.15) is 37.2 Å². The zero-order valence-corrected chi connectivity index (χ0v) is 20.1. The standard InChI is InChI=1S/C27H33FN4O2/c1-18-16-32(19(2)15-30-18)17-21-7-9-23(28)22(13-21)24-11-12-29-27(31-24)6-4-5-20-8-10-26(34-3)25(33)14-20/h7-14,18-19,30,33H,4-6,15-17H2,1-3H3/t18-,19+/m1/s1. The van der Waals surface area contributed by atoms with Crippen LogP contribution in [0.25, 0.3) is 11.3 Å². The maximum atomic E-state index is 14.8. The minimum absolute atomic E-state index is 0.137. The molecule has 2 heterocycles. The zero-order valence-electron chi connectivity index (χ0n) is 20.1. The summed E-state index contributed by atoms with van der Waals surface area (Å²) < 4.78 is 19.9. The summed E-state index contributed by atoms with van der Waals surface area (Å²) in [5, 5.41) is 13.5. The molecule has 0 radical (unpaired) electrons. The molecular weight excluding hydrogens is 431 g/mol. The van der Waals surface area contributed by atoms with E-state index in [0.29, 0.717) is 41.3 Å². The van der Waals surface area contributed by atoms with Crippen LogP contribution in [0.4, 0.5) is 4.39 Å². The smallest absolute Gasteiger partial charge is 0.160 e. The van der Waals surface area contributed by atoms with E-state index in [1.807, 2.05) is 18.2 Å². The highest BCUT2D eigenvalue weighted by Gasteiger charge is 2.22. The number of phenolic OH excluding ortho intramolecular Hbond substituents is 1. The SMILES string of the molecule is COc1ccc(CCCc2nccc(-c3cc(CN4C[C@@H](C)NC[C@@H]4C)ccc3F)n2)cc1O. The van der Waals surface area contributed by atoms with Gasteiger partial charge in [-0.05, 0) is 68.1 Å². The number of ether oxygens (including phenoxy) is 1. The maximum absolute atomic E-state index is 14.8. The van der Waals surface area contributed by atoms with Crippen molar-refractivity contribution >= 4 is 0 Å². The molecule has 180 valence electrons. The number of rotatable bonds is 8. The van der Waals surface area contributed by atoms with E-state index in [4.69, 9.17) is 4.74 Å². The Balaban J connectivity index is 1.43. The van der Waals surface area contributed by atoms with Crippen LogP contribution in [0.2, 0.25) is 0 Å². The highest BCUT2D eigenvalue weighted by atomic mass is 19.1. The first-order chi connectivity index (χ1) is 16.4. The van der Waals surface area contributed by atoms with Gasteiger partial charge in [0.2, 0.25) is 0 Å². The van der Waals surface area contributed by atoms with E-state index in [0.717, 1.165) is 43.6 Å². The van der Waals surface area contributed by atoms with E-state index >= 15 is 0 Å². The van der Waals surface area contributed by atoms with Crippen LogP contribution < -0.4 is 10.1 Å². The first-order valence-electron chi connectivity index (χ1n) is 11.9. The molecule has 1 aliphatic rings. The summed E-state index contributed by atoms with van der Waals surface area (Å²) in [5.41, 5.74) is 3.21.